The van der Waals surface area contributed by atoms with Crippen LogP contribution in [0.2, 0.25) is 0 Å². The molecule has 30 heavy (non-hydrogen) atoms. The number of rotatable bonds is 6. The second-order valence-corrected chi connectivity index (χ2v) is 7.52. The van der Waals surface area contributed by atoms with Crippen LogP contribution in [-0.4, -0.2) is 35.6 Å². The Morgan fingerprint density at radius 2 is 1.97 bits per heavy atom. The first-order valence-electron chi connectivity index (χ1n) is 9.71. The number of carbonyl (C=O) groups excluding carboxylic acids is 1. The molecule has 9 heteroatoms. The number of aliphatic hydroxyl groups excluding tert-OH is 1. The number of hydrogen-bond acceptors (Lipinski definition) is 5. The largest absolute Gasteiger partial charge is 0.386 e. The number of nitrogens with zero attached hydrogens (tertiary/aromatic N) is 2. The molecule has 0 saturated carbocycles. The van der Waals surface area contributed by atoms with E-state index < -0.39 is 28.6 Å². The zero-order valence-corrected chi connectivity index (χ0v) is 16.5. The Bertz CT molecular complexity index is 946. The predicted octanol–water partition coefficient (Wildman–Crippen LogP) is 3.57. The second-order valence-electron chi connectivity index (χ2n) is 7.52. The van der Waals surface area contributed by atoms with E-state index in [9.17, 15) is 28.8 Å². The van der Waals surface area contributed by atoms with Crippen LogP contribution in [0.1, 0.15) is 41.8 Å². The molecule has 2 N–H and O–H groups in total. The van der Waals surface area contributed by atoms with Crippen molar-refractivity contribution in [3.05, 3.63) is 69.3 Å². The molecular weight excluding hydrogens is 396 g/mol. The summed E-state index contributed by atoms with van der Waals surface area (Å²) in [5.74, 6) is -1.74. The molecule has 1 aliphatic heterocycles. The molecule has 0 radical (unpaired) electrons. The topological polar surface area (TPSA) is 95.7 Å². The molecule has 1 heterocycles. The summed E-state index contributed by atoms with van der Waals surface area (Å²) >= 11 is 0. The summed E-state index contributed by atoms with van der Waals surface area (Å²) in [6.07, 6.45) is 0.494. The molecule has 1 fully saturated rings. The number of piperidine rings is 1. The molecule has 1 atom stereocenters. The van der Waals surface area contributed by atoms with E-state index in [1.807, 2.05) is 4.90 Å². The molecule has 0 aliphatic carbocycles. The van der Waals surface area contributed by atoms with Gasteiger partial charge in [0.2, 0.25) is 0 Å². The molecule has 0 spiro atoms. The van der Waals surface area contributed by atoms with Crippen LogP contribution in [0.5, 0.6) is 0 Å². The van der Waals surface area contributed by atoms with Crippen molar-refractivity contribution in [1.82, 2.24) is 5.32 Å². The van der Waals surface area contributed by atoms with Crippen LogP contribution in [0, 0.1) is 27.7 Å². The van der Waals surface area contributed by atoms with Crippen molar-refractivity contribution in [2.24, 2.45) is 5.92 Å². The van der Waals surface area contributed by atoms with Gasteiger partial charge in [-0.15, -0.1) is 0 Å². The lowest BCUT2D eigenvalue weighted by Crippen LogP contribution is -2.35. The molecule has 1 unspecified atom stereocenters. The number of halogens is 2. The lowest BCUT2D eigenvalue weighted by Gasteiger charge is -2.33. The average molecular weight is 419 g/mol. The number of nitro benzene ring substituents is 1. The van der Waals surface area contributed by atoms with Crippen molar-refractivity contribution in [3.63, 3.8) is 0 Å². The molecular formula is C21H23F2N3O4. The number of carbonyl (C=O) groups is 1. The first-order valence-corrected chi connectivity index (χ1v) is 9.71. The highest BCUT2D eigenvalue weighted by atomic mass is 19.1. The summed E-state index contributed by atoms with van der Waals surface area (Å²) in [7, 11) is 0. The fourth-order valence-corrected chi connectivity index (χ4v) is 3.51. The van der Waals surface area contributed by atoms with Gasteiger partial charge in [-0.05, 0) is 30.9 Å². The van der Waals surface area contributed by atoms with Crippen LogP contribution in [0.25, 0.3) is 0 Å². The summed E-state index contributed by atoms with van der Waals surface area (Å²) < 4.78 is 26.9. The van der Waals surface area contributed by atoms with E-state index in [-0.39, 0.29) is 23.4 Å². The minimum absolute atomic E-state index is 0.116. The Morgan fingerprint density at radius 1 is 1.27 bits per heavy atom. The summed E-state index contributed by atoms with van der Waals surface area (Å²) in [6.45, 7) is 3.27. The van der Waals surface area contributed by atoms with Gasteiger partial charge in [0, 0.05) is 43.4 Å². The van der Waals surface area contributed by atoms with Crippen molar-refractivity contribution in [3.8, 4) is 0 Å². The van der Waals surface area contributed by atoms with Crippen LogP contribution in [0.3, 0.4) is 0 Å². The second kappa shape index (κ2) is 9.17. The Hall–Kier alpha value is -3.07. The Kier molecular flexibility index (Phi) is 6.61. The third-order valence-electron chi connectivity index (χ3n) is 5.34. The number of non-ortho nitro benzene ring substituents is 1. The number of benzene rings is 2. The number of amides is 1. The van der Waals surface area contributed by atoms with Crippen molar-refractivity contribution >= 4 is 17.3 Å². The maximum atomic E-state index is 13.8. The van der Waals surface area contributed by atoms with Gasteiger partial charge < -0.3 is 15.3 Å². The first-order chi connectivity index (χ1) is 14.3. The van der Waals surface area contributed by atoms with Gasteiger partial charge in [-0.2, -0.15) is 0 Å². The molecule has 1 amide bonds. The van der Waals surface area contributed by atoms with E-state index in [0.29, 0.717) is 17.7 Å². The summed E-state index contributed by atoms with van der Waals surface area (Å²) in [6, 6.07) is 6.88. The first kappa shape index (κ1) is 21.6. The third kappa shape index (κ3) is 4.91. The Labute approximate surface area is 172 Å². The fraction of sp³-hybridized carbons (Fsp3) is 0.381. The highest BCUT2D eigenvalue weighted by Crippen LogP contribution is 2.29. The summed E-state index contributed by atoms with van der Waals surface area (Å²) in [4.78, 5) is 25.4. The van der Waals surface area contributed by atoms with E-state index in [1.165, 1.54) is 12.1 Å². The van der Waals surface area contributed by atoms with Gasteiger partial charge in [0.25, 0.3) is 11.6 Å². The third-order valence-corrected chi connectivity index (χ3v) is 5.34. The lowest BCUT2D eigenvalue weighted by molar-refractivity contribution is -0.384. The van der Waals surface area contributed by atoms with E-state index in [0.717, 1.165) is 38.1 Å². The monoisotopic (exact) mass is 419 g/mol. The minimum Gasteiger partial charge on any atom is -0.386 e. The standard InChI is InChI=1S/C21H23F2N3O4/c1-13-6-8-25(9-7-13)19-5-3-15(26(29)30)11-17(19)21(28)24-12-20(27)16-4-2-14(22)10-18(16)23/h2-5,10-11,13,20,27H,6-9,12H2,1H3,(H,24,28). The lowest BCUT2D eigenvalue weighted by atomic mass is 9.97. The fourth-order valence-electron chi connectivity index (χ4n) is 3.51. The molecule has 0 aromatic heterocycles. The molecule has 160 valence electrons. The molecule has 3 rings (SSSR count). The van der Waals surface area contributed by atoms with Gasteiger partial charge in [0.05, 0.1) is 22.3 Å². The average Bonchev–Trinajstić information content (AvgIpc) is 2.72. The highest BCUT2D eigenvalue weighted by Gasteiger charge is 2.24. The van der Waals surface area contributed by atoms with Crippen LogP contribution >= 0.6 is 0 Å². The van der Waals surface area contributed by atoms with Gasteiger partial charge in [-0.3, -0.25) is 14.9 Å². The molecule has 1 aliphatic rings. The number of nitro groups is 1. The number of hydrogen-bond donors (Lipinski definition) is 2. The number of nitrogens with one attached hydrogen (secondary N) is 1. The Morgan fingerprint density at radius 3 is 2.60 bits per heavy atom. The van der Waals surface area contributed by atoms with Crippen LogP contribution in [-0.2, 0) is 0 Å². The van der Waals surface area contributed by atoms with Crippen LogP contribution in [0.15, 0.2) is 36.4 Å². The highest BCUT2D eigenvalue weighted by molar-refractivity contribution is 6.00. The smallest absolute Gasteiger partial charge is 0.270 e. The van der Waals surface area contributed by atoms with Crippen LogP contribution in [0.4, 0.5) is 20.2 Å². The summed E-state index contributed by atoms with van der Waals surface area (Å²) in [5, 5.41) is 23.8. The van der Waals surface area contributed by atoms with Gasteiger partial charge in [-0.25, -0.2) is 8.78 Å². The van der Waals surface area contributed by atoms with Crippen molar-refractivity contribution in [2.75, 3.05) is 24.5 Å². The minimum atomic E-state index is -1.40. The molecule has 2 aromatic rings. The van der Waals surface area contributed by atoms with Crippen molar-refractivity contribution in [1.29, 1.82) is 0 Å². The van der Waals surface area contributed by atoms with Gasteiger partial charge in [0.15, 0.2) is 0 Å². The zero-order valence-electron chi connectivity index (χ0n) is 16.5. The van der Waals surface area contributed by atoms with E-state index in [1.54, 1.807) is 6.07 Å². The van der Waals surface area contributed by atoms with Crippen molar-refractivity contribution < 1.29 is 23.6 Å². The van der Waals surface area contributed by atoms with Crippen LogP contribution < -0.4 is 10.2 Å². The summed E-state index contributed by atoms with van der Waals surface area (Å²) in [5.41, 5.74) is 0.318. The van der Waals surface area contributed by atoms with E-state index in [4.69, 9.17) is 0 Å². The number of anilines is 1. The van der Waals surface area contributed by atoms with Crippen molar-refractivity contribution in [2.45, 2.75) is 25.9 Å². The van der Waals surface area contributed by atoms with Gasteiger partial charge in [0.1, 0.15) is 11.6 Å². The maximum Gasteiger partial charge on any atom is 0.270 e. The zero-order chi connectivity index (χ0) is 21.8. The number of aliphatic hydroxyl groups is 1. The Balaban J connectivity index is 1.79. The van der Waals surface area contributed by atoms with E-state index in [2.05, 4.69) is 12.2 Å². The molecule has 1 saturated heterocycles. The van der Waals surface area contributed by atoms with E-state index >= 15 is 0 Å². The predicted molar refractivity (Wildman–Crippen MR) is 107 cm³/mol. The van der Waals surface area contributed by atoms with Gasteiger partial charge >= 0.3 is 0 Å². The molecule has 7 nitrogen and oxygen atoms in total. The molecule has 0 bridgehead atoms. The maximum absolute atomic E-state index is 13.8. The molecule has 2 aromatic carbocycles. The normalized spacial score (nSPS) is 15.7. The van der Waals surface area contributed by atoms with Gasteiger partial charge in [-0.1, -0.05) is 13.0 Å². The SMILES string of the molecule is CC1CCN(c2ccc([N+](=O)[O-])cc2C(=O)NCC(O)c2ccc(F)cc2F)CC1. The quantitative estimate of drug-likeness (QED) is 0.551.